The summed E-state index contributed by atoms with van der Waals surface area (Å²) in [6, 6.07) is 34.5. The fraction of sp³-hybridized carbons (Fsp3) is 0.214. The first-order chi connectivity index (χ1) is 25.1. The fourth-order valence-electron chi connectivity index (χ4n) is 6.25. The molecule has 10 heteroatoms. The standard InChI is InChI=1S/C42H38ClF3N4O2/c43-37-20-13-32(14-21-37)28-39(41(52)49-26-24-48(25-27-49)29-33-6-2-1-3-7-33)50(30-34-9-16-35(17-10-34)38-8-4-5-23-47-38)40(51)22-15-31-11-18-36(19-12-31)42(44,45)46/h1-23,39H,24-30H2/b22-15+/t39-/m0/s1. The van der Waals surface area contributed by atoms with E-state index in [2.05, 4.69) is 22.0 Å². The molecule has 4 aromatic carbocycles. The van der Waals surface area contributed by atoms with Crippen LogP contribution in [0.5, 0.6) is 0 Å². The molecule has 266 valence electrons. The van der Waals surface area contributed by atoms with Gasteiger partial charge >= 0.3 is 6.18 Å². The van der Waals surface area contributed by atoms with Crippen LogP contribution in [0.25, 0.3) is 17.3 Å². The van der Waals surface area contributed by atoms with Crippen LogP contribution in [0.3, 0.4) is 0 Å². The smallest absolute Gasteiger partial charge is 0.338 e. The lowest BCUT2D eigenvalue weighted by Crippen LogP contribution is -2.56. The second-order valence-corrected chi connectivity index (χ2v) is 13.2. The number of nitrogens with zero attached hydrogens (tertiary/aromatic N) is 4. The Kier molecular flexibility index (Phi) is 11.8. The Bertz CT molecular complexity index is 1950. The van der Waals surface area contributed by atoms with E-state index >= 15 is 0 Å². The number of carbonyl (C=O) groups is 2. The lowest BCUT2D eigenvalue weighted by atomic mass is 10.0. The van der Waals surface area contributed by atoms with Gasteiger partial charge in [-0.2, -0.15) is 13.2 Å². The van der Waals surface area contributed by atoms with Crippen molar-refractivity contribution in [2.75, 3.05) is 26.2 Å². The Morgan fingerprint density at radius 1 is 0.769 bits per heavy atom. The Morgan fingerprint density at radius 3 is 2.06 bits per heavy atom. The number of pyridine rings is 1. The molecule has 0 saturated carbocycles. The second kappa shape index (κ2) is 16.8. The van der Waals surface area contributed by atoms with Crippen LogP contribution in [0, 0.1) is 0 Å². The number of hydrogen-bond donors (Lipinski definition) is 0. The highest BCUT2D eigenvalue weighted by Gasteiger charge is 2.34. The van der Waals surface area contributed by atoms with E-state index in [0.29, 0.717) is 36.8 Å². The Morgan fingerprint density at radius 2 is 1.42 bits per heavy atom. The zero-order valence-corrected chi connectivity index (χ0v) is 29.2. The minimum Gasteiger partial charge on any atom is -0.338 e. The monoisotopic (exact) mass is 722 g/mol. The Labute approximate surface area is 306 Å². The van der Waals surface area contributed by atoms with Crippen molar-refractivity contribution in [2.45, 2.75) is 31.7 Å². The maximum Gasteiger partial charge on any atom is 0.416 e. The predicted octanol–water partition coefficient (Wildman–Crippen LogP) is 8.42. The van der Waals surface area contributed by atoms with Crippen molar-refractivity contribution in [1.29, 1.82) is 0 Å². The molecule has 2 heterocycles. The average Bonchev–Trinajstić information content (AvgIpc) is 3.17. The van der Waals surface area contributed by atoms with Gasteiger partial charge in [0.1, 0.15) is 6.04 Å². The van der Waals surface area contributed by atoms with Gasteiger partial charge in [0.05, 0.1) is 11.3 Å². The van der Waals surface area contributed by atoms with E-state index in [1.54, 1.807) is 23.2 Å². The lowest BCUT2D eigenvalue weighted by molar-refractivity contribution is -0.145. The molecule has 1 aliphatic rings. The predicted molar refractivity (Wildman–Crippen MR) is 198 cm³/mol. The van der Waals surface area contributed by atoms with Crippen molar-refractivity contribution in [1.82, 2.24) is 19.7 Å². The SMILES string of the molecule is O=C([C@H](Cc1ccc(Cl)cc1)N(Cc1ccc(-c2ccccn2)cc1)C(=O)/C=C/c1ccc(C(F)(F)F)cc1)N1CCN(Cc2ccccc2)CC1. The van der Waals surface area contributed by atoms with Gasteiger partial charge in [-0.25, -0.2) is 0 Å². The zero-order valence-electron chi connectivity index (χ0n) is 28.4. The first-order valence-corrected chi connectivity index (χ1v) is 17.5. The van der Waals surface area contributed by atoms with Gasteiger partial charge in [0.2, 0.25) is 11.8 Å². The van der Waals surface area contributed by atoms with E-state index in [9.17, 15) is 22.8 Å². The van der Waals surface area contributed by atoms with Crippen molar-refractivity contribution in [3.63, 3.8) is 0 Å². The number of halogens is 4. The number of benzene rings is 4. The lowest BCUT2D eigenvalue weighted by Gasteiger charge is -2.39. The van der Waals surface area contributed by atoms with Crippen LogP contribution < -0.4 is 0 Å². The van der Waals surface area contributed by atoms with Crippen molar-refractivity contribution in [3.8, 4) is 11.3 Å². The van der Waals surface area contributed by atoms with E-state index < -0.39 is 23.7 Å². The fourth-order valence-corrected chi connectivity index (χ4v) is 6.38. The van der Waals surface area contributed by atoms with Crippen molar-refractivity contribution < 1.29 is 22.8 Å². The average molecular weight is 723 g/mol. The van der Waals surface area contributed by atoms with Gasteiger partial charge in [-0.3, -0.25) is 19.5 Å². The summed E-state index contributed by atoms with van der Waals surface area (Å²) in [6.07, 6.45) is 0.299. The highest BCUT2D eigenvalue weighted by molar-refractivity contribution is 6.30. The van der Waals surface area contributed by atoms with Gasteiger partial charge in [0.15, 0.2) is 0 Å². The number of rotatable bonds is 11. The molecule has 2 amide bonds. The molecule has 1 aromatic heterocycles. The Hall–Kier alpha value is -5.25. The molecule has 0 aliphatic carbocycles. The van der Waals surface area contributed by atoms with Crippen molar-refractivity contribution in [2.24, 2.45) is 0 Å². The molecular formula is C42H38ClF3N4O2. The number of piperazine rings is 1. The highest BCUT2D eigenvalue weighted by atomic mass is 35.5. The molecule has 0 N–H and O–H groups in total. The third-order valence-electron chi connectivity index (χ3n) is 9.14. The van der Waals surface area contributed by atoms with Crippen LogP contribution in [0.1, 0.15) is 27.8 Å². The summed E-state index contributed by atoms with van der Waals surface area (Å²) in [5.41, 5.74) is 4.21. The zero-order chi connectivity index (χ0) is 36.5. The number of amides is 2. The summed E-state index contributed by atoms with van der Waals surface area (Å²) >= 11 is 6.20. The van der Waals surface area contributed by atoms with Crippen LogP contribution in [0.4, 0.5) is 13.2 Å². The molecule has 0 spiro atoms. The van der Waals surface area contributed by atoms with Crippen LogP contribution in [-0.4, -0.2) is 63.7 Å². The van der Waals surface area contributed by atoms with Gasteiger partial charge in [-0.1, -0.05) is 96.5 Å². The molecule has 6 rings (SSSR count). The van der Waals surface area contributed by atoms with E-state index in [4.69, 9.17) is 11.6 Å². The van der Waals surface area contributed by atoms with Crippen LogP contribution in [0.15, 0.2) is 134 Å². The normalized spacial score (nSPS) is 14.3. The quantitative estimate of drug-likeness (QED) is 0.129. The summed E-state index contributed by atoms with van der Waals surface area (Å²) in [7, 11) is 0. The number of carbonyl (C=O) groups excluding carboxylic acids is 2. The number of aromatic nitrogens is 1. The van der Waals surface area contributed by atoms with Gasteiger partial charge in [0.25, 0.3) is 0 Å². The number of alkyl halides is 3. The molecule has 0 bridgehead atoms. The summed E-state index contributed by atoms with van der Waals surface area (Å²) < 4.78 is 39.5. The molecular weight excluding hydrogens is 685 g/mol. The largest absolute Gasteiger partial charge is 0.416 e. The summed E-state index contributed by atoms with van der Waals surface area (Å²) in [5, 5.41) is 0.557. The van der Waals surface area contributed by atoms with Gasteiger partial charge in [-0.05, 0) is 64.7 Å². The summed E-state index contributed by atoms with van der Waals surface area (Å²) in [6.45, 7) is 3.29. The van der Waals surface area contributed by atoms with E-state index in [0.717, 1.165) is 41.1 Å². The highest BCUT2D eigenvalue weighted by Crippen LogP contribution is 2.29. The maximum absolute atomic E-state index is 14.6. The van der Waals surface area contributed by atoms with Gasteiger partial charge in [0, 0.05) is 68.5 Å². The minimum absolute atomic E-state index is 0.122. The first kappa shape index (κ1) is 36.5. The van der Waals surface area contributed by atoms with Crippen molar-refractivity contribution >= 4 is 29.5 Å². The van der Waals surface area contributed by atoms with Gasteiger partial charge in [-0.15, -0.1) is 0 Å². The van der Waals surface area contributed by atoms with Gasteiger partial charge < -0.3 is 9.80 Å². The van der Waals surface area contributed by atoms with Crippen molar-refractivity contribution in [3.05, 3.63) is 166 Å². The molecule has 0 unspecified atom stereocenters. The third kappa shape index (κ3) is 9.75. The molecule has 1 aliphatic heterocycles. The van der Waals surface area contributed by atoms with Crippen LogP contribution in [-0.2, 0) is 35.3 Å². The van der Waals surface area contributed by atoms with E-state index in [1.807, 2.05) is 77.7 Å². The molecule has 52 heavy (non-hydrogen) atoms. The van der Waals surface area contributed by atoms with E-state index in [-0.39, 0.29) is 18.9 Å². The van der Waals surface area contributed by atoms with E-state index in [1.165, 1.54) is 29.8 Å². The molecule has 1 saturated heterocycles. The summed E-state index contributed by atoms with van der Waals surface area (Å²) in [4.78, 5) is 38.9. The molecule has 6 nitrogen and oxygen atoms in total. The third-order valence-corrected chi connectivity index (χ3v) is 9.40. The molecule has 1 atom stereocenters. The molecule has 5 aromatic rings. The first-order valence-electron chi connectivity index (χ1n) is 17.1. The minimum atomic E-state index is -4.47. The molecule has 0 radical (unpaired) electrons. The van der Waals surface area contributed by atoms with Crippen LogP contribution in [0.2, 0.25) is 5.02 Å². The second-order valence-electron chi connectivity index (χ2n) is 12.8. The van der Waals surface area contributed by atoms with Crippen LogP contribution >= 0.6 is 11.6 Å². The molecule has 1 fully saturated rings. The number of hydrogen-bond acceptors (Lipinski definition) is 4. The summed E-state index contributed by atoms with van der Waals surface area (Å²) in [5.74, 6) is -0.612. The Balaban J connectivity index is 1.29. The maximum atomic E-state index is 14.6. The topological polar surface area (TPSA) is 56.8 Å².